The molecule has 2 atom stereocenters. The van der Waals surface area contributed by atoms with E-state index >= 15 is 0 Å². The number of anilines is 1. The normalized spacial score (nSPS) is 20.9. The van der Waals surface area contributed by atoms with E-state index in [9.17, 15) is 14.2 Å². The first-order valence-electron chi connectivity index (χ1n) is 8.51. The van der Waals surface area contributed by atoms with Crippen LogP contribution in [0.25, 0.3) is 0 Å². The van der Waals surface area contributed by atoms with Gasteiger partial charge in [0.1, 0.15) is 5.78 Å². The minimum atomic E-state index is -3.44. The highest BCUT2D eigenvalue weighted by Gasteiger charge is 2.48. The second-order valence-electron chi connectivity index (χ2n) is 5.82. The van der Waals surface area contributed by atoms with Crippen molar-refractivity contribution < 1.29 is 28.0 Å². The van der Waals surface area contributed by atoms with Crippen molar-refractivity contribution in [3.63, 3.8) is 0 Å². The molecule has 0 saturated carbocycles. The molecule has 0 aromatic heterocycles. The highest BCUT2D eigenvalue weighted by molar-refractivity contribution is 7.54. The number of nitrogens with one attached hydrogen (secondary N) is 1. The first-order valence-corrected chi connectivity index (χ1v) is 10.1. The van der Waals surface area contributed by atoms with Crippen molar-refractivity contribution in [3.8, 4) is 0 Å². The van der Waals surface area contributed by atoms with Gasteiger partial charge in [0.15, 0.2) is 11.9 Å². The average molecular weight is 384 g/mol. The number of carbonyl (C=O) groups excluding carboxylic acids is 2. The largest absolute Gasteiger partial charge is 0.350 e. The van der Waals surface area contributed by atoms with Crippen molar-refractivity contribution in [1.82, 2.24) is 5.06 Å². The summed E-state index contributed by atoms with van der Waals surface area (Å²) in [5.41, 5.74) is 0.829. The zero-order valence-corrected chi connectivity index (χ0v) is 16.3. The highest BCUT2D eigenvalue weighted by Crippen LogP contribution is 2.57. The van der Waals surface area contributed by atoms with E-state index in [1.54, 1.807) is 45.2 Å². The molecule has 1 aromatic carbocycles. The smallest absolute Gasteiger partial charge is 0.323 e. The van der Waals surface area contributed by atoms with Gasteiger partial charge in [0.05, 0.1) is 18.9 Å². The SMILES string of the molecule is CCOP(=O)(OCC)[C@H]1C[C@H](C(=O)Nc2ccccc2C(C)=O)ON1C. The molecule has 0 radical (unpaired) electrons. The van der Waals surface area contributed by atoms with Crippen molar-refractivity contribution in [2.24, 2.45) is 0 Å². The molecule has 1 heterocycles. The Bertz CT molecular complexity index is 700. The number of hydroxylamine groups is 2. The molecular weight excluding hydrogens is 359 g/mol. The Labute approximate surface area is 153 Å². The van der Waals surface area contributed by atoms with Crippen LogP contribution in [0.4, 0.5) is 5.69 Å². The molecule has 0 aliphatic carbocycles. The van der Waals surface area contributed by atoms with Crippen LogP contribution in [0, 0.1) is 0 Å². The van der Waals surface area contributed by atoms with Gasteiger partial charge in [-0.2, -0.15) is 5.06 Å². The van der Waals surface area contributed by atoms with E-state index < -0.39 is 25.4 Å². The van der Waals surface area contributed by atoms with Gasteiger partial charge in [-0.3, -0.25) is 19.0 Å². The third-order valence-corrected chi connectivity index (χ3v) is 6.48. The topological polar surface area (TPSA) is 94.2 Å². The highest BCUT2D eigenvalue weighted by atomic mass is 31.2. The molecule has 1 aromatic rings. The van der Waals surface area contributed by atoms with Crippen molar-refractivity contribution in [3.05, 3.63) is 29.8 Å². The number of nitrogens with zero attached hydrogens (tertiary/aromatic N) is 1. The van der Waals surface area contributed by atoms with E-state index in [4.69, 9.17) is 13.9 Å². The first-order chi connectivity index (χ1) is 12.3. The molecular formula is C17H25N2O6P. The maximum Gasteiger partial charge on any atom is 0.350 e. The summed E-state index contributed by atoms with van der Waals surface area (Å²) >= 11 is 0. The van der Waals surface area contributed by atoms with Crippen LogP contribution in [0.1, 0.15) is 37.6 Å². The van der Waals surface area contributed by atoms with E-state index in [-0.39, 0.29) is 25.4 Å². The zero-order valence-electron chi connectivity index (χ0n) is 15.4. The molecule has 0 bridgehead atoms. The van der Waals surface area contributed by atoms with Crippen LogP contribution in [0.2, 0.25) is 0 Å². The Morgan fingerprint density at radius 1 is 1.27 bits per heavy atom. The first kappa shape index (κ1) is 20.7. The van der Waals surface area contributed by atoms with Crippen molar-refractivity contribution >= 4 is 25.0 Å². The lowest BCUT2D eigenvalue weighted by atomic mass is 10.1. The molecule has 2 rings (SSSR count). The van der Waals surface area contributed by atoms with E-state index in [0.717, 1.165) is 0 Å². The lowest BCUT2D eigenvalue weighted by Gasteiger charge is -2.25. The number of benzene rings is 1. The summed E-state index contributed by atoms with van der Waals surface area (Å²) in [5, 5.41) is 4.06. The van der Waals surface area contributed by atoms with Gasteiger partial charge in [0.2, 0.25) is 0 Å². The monoisotopic (exact) mass is 384 g/mol. The van der Waals surface area contributed by atoms with Crippen LogP contribution < -0.4 is 5.32 Å². The van der Waals surface area contributed by atoms with E-state index in [1.165, 1.54) is 12.0 Å². The molecule has 8 nitrogen and oxygen atoms in total. The summed E-state index contributed by atoms with van der Waals surface area (Å²) in [7, 11) is -1.85. The quantitative estimate of drug-likeness (QED) is 0.544. The lowest BCUT2D eigenvalue weighted by molar-refractivity contribution is -0.155. The van der Waals surface area contributed by atoms with Gasteiger partial charge in [0, 0.05) is 19.0 Å². The second kappa shape index (κ2) is 8.88. The third-order valence-electron chi connectivity index (χ3n) is 3.98. The molecule has 9 heteroatoms. The van der Waals surface area contributed by atoms with E-state index in [1.807, 2.05) is 0 Å². The molecule has 1 aliphatic rings. The molecule has 1 saturated heterocycles. The molecule has 26 heavy (non-hydrogen) atoms. The zero-order chi connectivity index (χ0) is 19.3. The van der Waals surface area contributed by atoms with Crippen molar-refractivity contribution in [2.75, 3.05) is 25.6 Å². The maximum atomic E-state index is 13.0. The van der Waals surface area contributed by atoms with Gasteiger partial charge in [-0.15, -0.1) is 0 Å². The number of Topliss-reactive ketones (excluding diaryl/α,β-unsaturated/α-hetero) is 1. The van der Waals surface area contributed by atoms with Crippen molar-refractivity contribution in [2.45, 2.75) is 39.1 Å². The molecule has 0 unspecified atom stereocenters. The predicted molar refractivity (Wildman–Crippen MR) is 97.0 cm³/mol. The summed E-state index contributed by atoms with van der Waals surface area (Å²) in [5.74, 6) is -1.26. The van der Waals surface area contributed by atoms with Crippen molar-refractivity contribution in [1.29, 1.82) is 0 Å². The fourth-order valence-corrected chi connectivity index (χ4v) is 4.86. The van der Waals surface area contributed by atoms with E-state index in [2.05, 4.69) is 5.32 Å². The van der Waals surface area contributed by atoms with Gasteiger partial charge in [-0.05, 0) is 32.9 Å². The number of ketones is 1. The number of hydrogen-bond donors (Lipinski definition) is 1. The Kier molecular flexibility index (Phi) is 7.08. The molecule has 0 spiro atoms. The van der Waals surface area contributed by atoms with Crippen LogP contribution >= 0.6 is 7.60 Å². The standard InChI is InChI=1S/C17H25N2O6P/c1-5-23-26(22,24-6-2)16-11-15(25-19(16)4)17(21)18-14-10-8-7-9-13(14)12(3)20/h7-10,15-16H,5-6,11H2,1-4H3,(H,18,21)/t15-,16+/m1/s1. The predicted octanol–water partition coefficient (Wildman–Crippen LogP) is 3.06. The Hall–Kier alpha value is -1.57. The van der Waals surface area contributed by atoms with Crippen LogP contribution in [0.3, 0.4) is 0 Å². The fourth-order valence-electron chi connectivity index (χ4n) is 2.82. The van der Waals surface area contributed by atoms with Crippen LogP contribution in [0.5, 0.6) is 0 Å². The minimum Gasteiger partial charge on any atom is -0.323 e. The maximum absolute atomic E-state index is 13.0. The second-order valence-corrected chi connectivity index (χ2v) is 8.02. The molecule has 1 amide bonds. The summed E-state index contributed by atoms with van der Waals surface area (Å²) in [6.07, 6.45) is -0.707. The number of hydrogen-bond acceptors (Lipinski definition) is 7. The Morgan fingerprint density at radius 3 is 2.46 bits per heavy atom. The minimum absolute atomic E-state index is 0.152. The van der Waals surface area contributed by atoms with E-state index in [0.29, 0.717) is 11.3 Å². The third kappa shape index (κ3) is 4.58. The Balaban J connectivity index is 2.13. The number of carbonyl (C=O) groups is 2. The van der Waals surface area contributed by atoms with Crippen LogP contribution in [-0.2, 0) is 23.2 Å². The Morgan fingerprint density at radius 2 is 1.88 bits per heavy atom. The molecule has 1 N–H and O–H groups in total. The summed E-state index contributed by atoms with van der Waals surface area (Å²) in [4.78, 5) is 29.8. The summed E-state index contributed by atoms with van der Waals surface area (Å²) < 4.78 is 23.7. The summed E-state index contributed by atoms with van der Waals surface area (Å²) in [6.45, 7) is 5.34. The lowest BCUT2D eigenvalue weighted by Crippen LogP contribution is -2.29. The van der Waals surface area contributed by atoms with Crippen LogP contribution in [0.15, 0.2) is 24.3 Å². The number of para-hydroxylation sites is 1. The van der Waals surface area contributed by atoms with Crippen LogP contribution in [-0.4, -0.2) is 48.9 Å². The van der Waals surface area contributed by atoms with Gasteiger partial charge < -0.3 is 14.4 Å². The number of rotatable bonds is 8. The fraction of sp³-hybridized carbons (Fsp3) is 0.529. The average Bonchev–Trinajstić information content (AvgIpc) is 2.98. The molecule has 1 aliphatic heterocycles. The van der Waals surface area contributed by atoms with Gasteiger partial charge in [-0.1, -0.05) is 12.1 Å². The van der Waals surface area contributed by atoms with Gasteiger partial charge in [0.25, 0.3) is 5.91 Å². The molecule has 1 fully saturated rings. The summed E-state index contributed by atoms with van der Waals surface area (Å²) in [6, 6.07) is 6.74. The van der Waals surface area contributed by atoms with Gasteiger partial charge in [-0.25, -0.2) is 0 Å². The number of amides is 1. The van der Waals surface area contributed by atoms with Gasteiger partial charge >= 0.3 is 7.60 Å². The molecule has 144 valence electrons.